The maximum Gasteiger partial charge on any atom is 0.0698 e. The van der Waals surface area contributed by atoms with E-state index in [-0.39, 0.29) is 24.0 Å². The maximum absolute atomic E-state index is 8.09. The van der Waals surface area contributed by atoms with Crippen LogP contribution in [0.3, 0.4) is 0 Å². The molecule has 0 aliphatic carbocycles. The molecule has 0 fully saturated rings. The average molecular weight is 349 g/mol. The summed E-state index contributed by atoms with van der Waals surface area (Å²) in [5.41, 5.74) is 0.487. The Kier molecular flexibility index (Phi) is 15.3. The number of hydrogen-bond acceptors (Lipinski definition) is 4. The van der Waals surface area contributed by atoms with E-state index in [1.54, 1.807) is 0 Å². The van der Waals surface area contributed by atoms with Crippen LogP contribution >= 0.6 is 0 Å². The van der Waals surface area contributed by atoms with Crippen molar-refractivity contribution in [3.8, 4) is 0 Å². The molecule has 0 aliphatic heterocycles. The molecule has 2 atom stereocenters. The Balaban J connectivity index is 0. The highest BCUT2D eigenvalue weighted by Crippen LogP contribution is 2.33. The molecular formula is C20H44O4. The largest absolute Gasteiger partial charge is 0.394 e. The van der Waals surface area contributed by atoms with Gasteiger partial charge in [-0.25, -0.2) is 0 Å². The topological polar surface area (TPSA) is 58.9 Å². The standard InChI is InChI=1S/C16H34O.C4H10O3/c1-9-11-13(15(3,4)5)17-14(12-10-2)16(6,7)8;5-1-3-7-4-2-6/h13-14H,9-12H2,1-8H3;5-6H,1-4H2. The summed E-state index contributed by atoms with van der Waals surface area (Å²) in [5.74, 6) is 0. The van der Waals surface area contributed by atoms with Crippen LogP contribution in [-0.2, 0) is 9.47 Å². The van der Waals surface area contributed by atoms with Crippen molar-refractivity contribution in [3.63, 3.8) is 0 Å². The minimum Gasteiger partial charge on any atom is -0.394 e. The first-order chi connectivity index (χ1) is 11.0. The second-order valence-corrected chi connectivity index (χ2v) is 8.48. The molecule has 0 saturated carbocycles. The summed E-state index contributed by atoms with van der Waals surface area (Å²) < 4.78 is 11.1. The molecular weight excluding hydrogens is 304 g/mol. The molecule has 0 rings (SSSR count). The van der Waals surface area contributed by atoms with Gasteiger partial charge in [0.2, 0.25) is 0 Å². The van der Waals surface area contributed by atoms with Gasteiger partial charge in [0.1, 0.15) is 0 Å². The van der Waals surface area contributed by atoms with E-state index in [0.717, 1.165) is 0 Å². The van der Waals surface area contributed by atoms with Crippen molar-refractivity contribution in [2.24, 2.45) is 10.8 Å². The molecule has 0 radical (unpaired) electrons. The summed E-state index contributed by atoms with van der Waals surface area (Å²) in [5, 5.41) is 16.2. The Bertz CT molecular complexity index is 240. The lowest BCUT2D eigenvalue weighted by atomic mass is 9.83. The molecule has 0 saturated heterocycles. The molecule has 4 heteroatoms. The van der Waals surface area contributed by atoms with E-state index >= 15 is 0 Å². The van der Waals surface area contributed by atoms with Crippen molar-refractivity contribution >= 4 is 0 Å². The van der Waals surface area contributed by atoms with Crippen molar-refractivity contribution in [1.29, 1.82) is 0 Å². The van der Waals surface area contributed by atoms with Crippen molar-refractivity contribution < 1.29 is 19.7 Å². The highest BCUT2D eigenvalue weighted by Gasteiger charge is 2.32. The van der Waals surface area contributed by atoms with E-state index in [4.69, 9.17) is 14.9 Å². The molecule has 0 spiro atoms. The van der Waals surface area contributed by atoms with Gasteiger partial charge in [-0.2, -0.15) is 0 Å². The van der Waals surface area contributed by atoms with Crippen LogP contribution in [-0.4, -0.2) is 48.8 Å². The average Bonchev–Trinajstić information content (AvgIpc) is 2.45. The molecule has 0 heterocycles. The zero-order chi connectivity index (χ0) is 19.2. The molecule has 2 unspecified atom stereocenters. The quantitative estimate of drug-likeness (QED) is 0.574. The fourth-order valence-electron chi connectivity index (χ4n) is 2.36. The monoisotopic (exact) mass is 348 g/mol. The molecule has 0 aromatic heterocycles. The number of hydrogen-bond donors (Lipinski definition) is 2. The first-order valence-corrected chi connectivity index (χ1v) is 9.49. The third-order valence-corrected chi connectivity index (χ3v) is 3.83. The van der Waals surface area contributed by atoms with Crippen molar-refractivity contribution in [3.05, 3.63) is 0 Å². The van der Waals surface area contributed by atoms with Gasteiger partial charge in [-0.15, -0.1) is 0 Å². The third kappa shape index (κ3) is 14.2. The Labute approximate surface area is 150 Å². The number of aliphatic hydroxyl groups excluding tert-OH is 2. The van der Waals surface area contributed by atoms with E-state index in [9.17, 15) is 0 Å². The Hall–Kier alpha value is -0.160. The molecule has 0 amide bonds. The van der Waals surface area contributed by atoms with Gasteiger partial charge in [-0.05, 0) is 23.7 Å². The fraction of sp³-hybridized carbons (Fsp3) is 1.00. The minimum atomic E-state index is 0.0278. The predicted molar refractivity (Wildman–Crippen MR) is 102 cm³/mol. The Morgan fingerprint density at radius 1 is 0.708 bits per heavy atom. The van der Waals surface area contributed by atoms with Crippen LogP contribution in [0.1, 0.15) is 81.1 Å². The van der Waals surface area contributed by atoms with Crippen molar-refractivity contribution in [2.75, 3.05) is 26.4 Å². The molecule has 4 nitrogen and oxygen atoms in total. The first-order valence-electron chi connectivity index (χ1n) is 9.49. The normalized spacial score (nSPS) is 14.8. The van der Waals surface area contributed by atoms with Crippen LogP contribution in [0.4, 0.5) is 0 Å². The van der Waals surface area contributed by atoms with Gasteiger partial charge in [0.25, 0.3) is 0 Å². The molecule has 148 valence electrons. The van der Waals surface area contributed by atoms with E-state index in [1.807, 2.05) is 0 Å². The van der Waals surface area contributed by atoms with Crippen LogP contribution in [0.25, 0.3) is 0 Å². The molecule has 24 heavy (non-hydrogen) atoms. The second-order valence-electron chi connectivity index (χ2n) is 8.48. The first kappa shape index (κ1) is 26.1. The summed E-state index contributed by atoms with van der Waals surface area (Å²) in [6.45, 7) is 18.9. The highest BCUT2D eigenvalue weighted by atomic mass is 16.5. The van der Waals surface area contributed by atoms with Gasteiger partial charge in [0, 0.05) is 0 Å². The molecule has 2 N–H and O–H groups in total. The molecule has 0 aromatic rings. The summed E-state index contributed by atoms with van der Waals surface area (Å²) in [7, 11) is 0. The van der Waals surface area contributed by atoms with Crippen LogP contribution < -0.4 is 0 Å². The Morgan fingerprint density at radius 3 is 1.25 bits per heavy atom. The van der Waals surface area contributed by atoms with Gasteiger partial charge >= 0.3 is 0 Å². The Morgan fingerprint density at radius 2 is 1.04 bits per heavy atom. The summed E-state index contributed by atoms with van der Waals surface area (Å²) in [4.78, 5) is 0. The maximum atomic E-state index is 8.09. The van der Waals surface area contributed by atoms with E-state index in [1.165, 1.54) is 25.7 Å². The van der Waals surface area contributed by atoms with Crippen LogP contribution in [0.5, 0.6) is 0 Å². The number of rotatable bonds is 10. The number of aliphatic hydroxyl groups is 2. The molecule has 0 aromatic carbocycles. The van der Waals surface area contributed by atoms with E-state index in [0.29, 0.717) is 25.4 Å². The van der Waals surface area contributed by atoms with Crippen molar-refractivity contribution in [2.45, 2.75) is 93.3 Å². The third-order valence-electron chi connectivity index (χ3n) is 3.83. The summed E-state index contributed by atoms with van der Waals surface area (Å²) >= 11 is 0. The van der Waals surface area contributed by atoms with E-state index < -0.39 is 0 Å². The zero-order valence-electron chi connectivity index (χ0n) is 17.5. The van der Waals surface area contributed by atoms with Crippen molar-refractivity contribution in [1.82, 2.24) is 0 Å². The second kappa shape index (κ2) is 14.1. The van der Waals surface area contributed by atoms with Crippen LogP contribution in [0, 0.1) is 10.8 Å². The fourth-order valence-corrected chi connectivity index (χ4v) is 2.36. The van der Waals surface area contributed by atoms with Gasteiger partial charge in [-0.1, -0.05) is 68.2 Å². The lowest BCUT2D eigenvalue weighted by Crippen LogP contribution is -2.38. The minimum absolute atomic E-state index is 0.0278. The van der Waals surface area contributed by atoms with Gasteiger partial charge in [0.05, 0.1) is 38.6 Å². The van der Waals surface area contributed by atoms with Crippen LogP contribution in [0.15, 0.2) is 0 Å². The summed E-state index contributed by atoms with van der Waals surface area (Å²) in [6, 6.07) is 0. The van der Waals surface area contributed by atoms with Crippen LogP contribution in [0.2, 0.25) is 0 Å². The van der Waals surface area contributed by atoms with Gasteiger partial charge in [-0.3, -0.25) is 0 Å². The number of ether oxygens (including phenoxy) is 2. The summed E-state index contributed by atoms with van der Waals surface area (Å²) in [6.07, 6.45) is 5.49. The molecule has 0 aliphatic rings. The lowest BCUT2D eigenvalue weighted by molar-refractivity contribution is -0.112. The van der Waals surface area contributed by atoms with Gasteiger partial charge in [0.15, 0.2) is 0 Å². The molecule has 0 bridgehead atoms. The highest BCUT2D eigenvalue weighted by molar-refractivity contribution is 4.80. The predicted octanol–water partition coefficient (Wildman–Crippen LogP) is 4.42. The van der Waals surface area contributed by atoms with E-state index in [2.05, 4.69) is 60.1 Å². The SMILES string of the molecule is CCCC(OC(CCC)C(C)(C)C)C(C)(C)C.OCCOCCO. The van der Waals surface area contributed by atoms with Gasteiger partial charge < -0.3 is 19.7 Å². The lowest BCUT2D eigenvalue weighted by Gasteiger charge is -2.39. The zero-order valence-corrected chi connectivity index (χ0v) is 17.5. The smallest absolute Gasteiger partial charge is 0.0698 e.